The Balaban J connectivity index is 1.79. The molecule has 0 saturated carbocycles. The predicted octanol–water partition coefficient (Wildman–Crippen LogP) is 8.16. The lowest BCUT2D eigenvalue weighted by atomic mass is 9.86. The Kier molecular flexibility index (Phi) is 13.9. The summed E-state index contributed by atoms with van der Waals surface area (Å²) in [5.41, 5.74) is 0.326. The zero-order chi connectivity index (χ0) is 33.6. The number of rotatable bonds is 16. The summed E-state index contributed by atoms with van der Waals surface area (Å²) in [6, 6.07) is 14.8. The molecule has 0 atom stereocenters. The van der Waals surface area contributed by atoms with E-state index in [4.69, 9.17) is 18.9 Å². The van der Waals surface area contributed by atoms with Crippen molar-refractivity contribution in [2.24, 2.45) is 10.8 Å². The van der Waals surface area contributed by atoms with Crippen molar-refractivity contribution in [1.29, 1.82) is 10.5 Å². The highest BCUT2D eigenvalue weighted by atomic mass is 16.5. The summed E-state index contributed by atoms with van der Waals surface area (Å²) in [7, 11) is 3.12. The second-order valence-corrected chi connectivity index (χ2v) is 12.8. The smallest absolute Gasteiger partial charge is 0.178 e. The van der Waals surface area contributed by atoms with Crippen LogP contribution < -0.4 is 18.9 Å². The Bertz CT molecular complexity index is 1360. The van der Waals surface area contributed by atoms with Gasteiger partial charge in [-0.1, -0.05) is 72.9 Å². The van der Waals surface area contributed by atoms with Crippen molar-refractivity contribution < 1.29 is 28.5 Å². The van der Waals surface area contributed by atoms with E-state index in [-0.39, 0.29) is 22.7 Å². The molecule has 0 aromatic heterocycles. The maximum atomic E-state index is 12.5. The summed E-state index contributed by atoms with van der Waals surface area (Å²) >= 11 is 0. The lowest BCUT2D eigenvalue weighted by molar-refractivity contribution is -0.122. The van der Waals surface area contributed by atoms with Gasteiger partial charge in [-0.05, 0) is 60.4 Å². The van der Waals surface area contributed by atoms with Crippen LogP contribution in [0.25, 0.3) is 12.2 Å². The Labute approximate surface area is 268 Å². The Morgan fingerprint density at radius 3 is 1.29 bits per heavy atom. The number of ether oxygens (including phenoxy) is 4. The molecule has 0 amide bonds. The molecule has 0 heterocycles. The monoisotopic (exact) mass is 614 g/mol. The van der Waals surface area contributed by atoms with Crippen LogP contribution in [0.1, 0.15) is 84.8 Å². The summed E-state index contributed by atoms with van der Waals surface area (Å²) in [5, 5.41) is 18.9. The molecule has 0 aliphatic carbocycles. The van der Waals surface area contributed by atoms with Gasteiger partial charge in [0.05, 0.1) is 38.6 Å². The van der Waals surface area contributed by atoms with Gasteiger partial charge in [-0.2, -0.15) is 10.5 Å². The van der Waals surface area contributed by atoms with Crippen molar-refractivity contribution in [2.45, 2.75) is 73.6 Å². The minimum Gasteiger partial charge on any atom is -0.493 e. The first-order valence-corrected chi connectivity index (χ1v) is 15.2. The van der Waals surface area contributed by atoms with Gasteiger partial charge in [-0.25, -0.2) is 0 Å². The van der Waals surface area contributed by atoms with Crippen LogP contribution in [0, 0.1) is 33.5 Å². The fraction of sp³-hybridized carbons (Fsp3) is 0.459. The van der Waals surface area contributed by atoms with Gasteiger partial charge < -0.3 is 18.9 Å². The summed E-state index contributed by atoms with van der Waals surface area (Å²) in [4.78, 5) is 25.0. The maximum absolute atomic E-state index is 12.5. The number of nitriles is 2. The number of unbranched alkanes of at least 4 members (excludes halogenated alkanes) is 4. The minimum atomic E-state index is -0.639. The largest absolute Gasteiger partial charge is 0.493 e. The number of carbonyl (C=O) groups is 2. The number of nitrogens with zero attached hydrogens (tertiary/aromatic N) is 2. The van der Waals surface area contributed by atoms with Gasteiger partial charge in [-0.15, -0.1) is 0 Å². The van der Waals surface area contributed by atoms with Crippen LogP contribution in [0.3, 0.4) is 0 Å². The molecule has 0 bridgehead atoms. The van der Waals surface area contributed by atoms with Gasteiger partial charge in [0.2, 0.25) is 0 Å². The Hall–Kier alpha value is -4.56. The third kappa shape index (κ3) is 11.5. The quantitative estimate of drug-likeness (QED) is 0.106. The summed E-state index contributed by atoms with van der Waals surface area (Å²) < 4.78 is 22.8. The molecule has 0 aliphatic heterocycles. The highest BCUT2D eigenvalue weighted by molar-refractivity contribution is 6.06. The number of ketones is 2. The molecular weight excluding hydrogens is 568 g/mol. The van der Waals surface area contributed by atoms with Gasteiger partial charge in [0.1, 0.15) is 12.1 Å². The first-order chi connectivity index (χ1) is 21.2. The van der Waals surface area contributed by atoms with E-state index in [1.54, 1.807) is 92.2 Å². The van der Waals surface area contributed by atoms with Gasteiger partial charge in [0.15, 0.2) is 34.6 Å². The first-order valence-electron chi connectivity index (χ1n) is 15.2. The zero-order valence-electron chi connectivity index (χ0n) is 27.9. The molecule has 2 aromatic carbocycles. The molecule has 8 nitrogen and oxygen atoms in total. The second kappa shape index (κ2) is 17.1. The Morgan fingerprint density at radius 2 is 0.978 bits per heavy atom. The molecule has 240 valence electrons. The zero-order valence-corrected chi connectivity index (χ0v) is 27.9. The van der Waals surface area contributed by atoms with E-state index >= 15 is 0 Å². The van der Waals surface area contributed by atoms with Gasteiger partial charge >= 0.3 is 0 Å². The lowest BCUT2D eigenvalue weighted by Gasteiger charge is -2.16. The van der Waals surface area contributed by atoms with E-state index in [0.29, 0.717) is 47.3 Å². The number of carbonyl (C=O) groups excluding carboxylic acids is 2. The van der Waals surface area contributed by atoms with Crippen molar-refractivity contribution in [1.82, 2.24) is 0 Å². The van der Waals surface area contributed by atoms with Crippen molar-refractivity contribution in [3.05, 3.63) is 58.7 Å². The molecule has 8 heteroatoms. The van der Waals surface area contributed by atoms with Gasteiger partial charge in [0.25, 0.3) is 0 Å². The number of hydrogen-bond donors (Lipinski definition) is 0. The summed E-state index contributed by atoms with van der Waals surface area (Å²) in [6.07, 6.45) is 7.97. The average Bonchev–Trinajstić information content (AvgIpc) is 3.00. The van der Waals surface area contributed by atoms with E-state index in [1.165, 1.54) is 0 Å². The van der Waals surface area contributed by atoms with Crippen LogP contribution >= 0.6 is 0 Å². The SMILES string of the molecule is COc1cc(C=C(C#N)C(=O)C(C)(C)C)ccc1OCCCCCCCOc1ccc(C=C(C#N)C(=O)C(C)(C)C)cc1OC. The van der Waals surface area contributed by atoms with E-state index in [9.17, 15) is 20.1 Å². The van der Waals surface area contributed by atoms with Crippen molar-refractivity contribution in [3.8, 4) is 35.1 Å². The molecule has 2 rings (SSSR count). The van der Waals surface area contributed by atoms with Crippen LogP contribution in [-0.2, 0) is 9.59 Å². The fourth-order valence-electron chi connectivity index (χ4n) is 4.32. The molecule has 0 saturated heterocycles. The van der Waals surface area contributed by atoms with E-state index in [2.05, 4.69) is 0 Å². The second-order valence-electron chi connectivity index (χ2n) is 12.8. The van der Waals surface area contributed by atoms with Crippen LogP contribution in [0.5, 0.6) is 23.0 Å². The standard InChI is InChI=1S/C37H46N2O6/c1-36(2,3)34(40)28(24-38)20-26-14-16-30(32(22-26)42-7)44-18-12-10-9-11-13-19-45-31-17-15-27(23-33(31)43-8)21-29(25-39)35(41)37(4,5)6/h14-17,20-23H,9-13,18-19H2,1-8H3. The van der Waals surface area contributed by atoms with Crippen LogP contribution in [0.15, 0.2) is 47.5 Å². The molecule has 0 aliphatic rings. The number of benzene rings is 2. The number of hydrogen-bond acceptors (Lipinski definition) is 8. The highest BCUT2D eigenvalue weighted by Crippen LogP contribution is 2.31. The maximum Gasteiger partial charge on any atom is 0.178 e. The molecule has 0 N–H and O–H groups in total. The van der Waals surface area contributed by atoms with E-state index < -0.39 is 10.8 Å². The normalized spacial score (nSPS) is 12.1. The lowest BCUT2D eigenvalue weighted by Crippen LogP contribution is -2.21. The molecule has 2 aromatic rings. The number of methoxy groups -OCH3 is 2. The van der Waals surface area contributed by atoms with Crippen LogP contribution in [-0.4, -0.2) is 39.0 Å². The molecule has 0 spiro atoms. The van der Waals surface area contributed by atoms with Crippen LogP contribution in [0.4, 0.5) is 0 Å². The summed E-state index contributed by atoms with van der Waals surface area (Å²) in [6.45, 7) is 11.8. The Morgan fingerprint density at radius 1 is 0.622 bits per heavy atom. The molecular formula is C37H46N2O6. The molecule has 0 radical (unpaired) electrons. The van der Waals surface area contributed by atoms with Crippen molar-refractivity contribution >= 4 is 23.7 Å². The van der Waals surface area contributed by atoms with E-state index in [1.807, 2.05) is 24.3 Å². The van der Waals surface area contributed by atoms with Crippen molar-refractivity contribution in [2.75, 3.05) is 27.4 Å². The molecule has 0 fully saturated rings. The topological polar surface area (TPSA) is 119 Å². The average molecular weight is 615 g/mol. The van der Waals surface area contributed by atoms with Gasteiger partial charge in [0, 0.05) is 10.8 Å². The number of Topliss-reactive ketones (excluding diaryl/α,β-unsaturated/α-hetero) is 2. The summed E-state index contributed by atoms with van der Waals surface area (Å²) in [5.74, 6) is 1.90. The fourth-order valence-corrected chi connectivity index (χ4v) is 4.32. The third-order valence-electron chi connectivity index (χ3n) is 6.89. The van der Waals surface area contributed by atoms with Crippen LogP contribution in [0.2, 0.25) is 0 Å². The molecule has 45 heavy (non-hydrogen) atoms. The predicted molar refractivity (Wildman–Crippen MR) is 176 cm³/mol. The first kappa shape index (κ1) is 36.6. The van der Waals surface area contributed by atoms with Crippen molar-refractivity contribution in [3.63, 3.8) is 0 Å². The third-order valence-corrected chi connectivity index (χ3v) is 6.89. The number of allylic oxidation sites excluding steroid dienone is 2. The van der Waals surface area contributed by atoms with E-state index in [0.717, 1.165) is 32.1 Å². The van der Waals surface area contributed by atoms with Gasteiger partial charge in [-0.3, -0.25) is 9.59 Å². The highest BCUT2D eigenvalue weighted by Gasteiger charge is 2.26. The molecule has 0 unspecified atom stereocenters. The minimum absolute atomic E-state index is 0.106.